The molecule has 2 aliphatic carbocycles. The quantitative estimate of drug-likeness (QED) is 0.522. The number of ether oxygens (including phenoxy) is 2. The molecule has 122 valence electrons. The molecular weight excluding hydrogens is 264 g/mol. The smallest absolute Gasteiger partial charge is 0.311 e. The SMILES string of the molecule is CCCCO[C@@H]1C[C@@H]1C(=O)O[C@H]1C[C@@H](C)CC[C@@H]1C(C)C. The second kappa shape index (κ2) is 7.62. The summed E-state index contributed by atoms with van der Waals surface area (Å²) in [4.78, 5) is 12.3. The van der Waals surface area contributed by atoms with Gasteiger partial charge in [0.15, 0.2) is 0 Å². The molecule has 3 nitrogen and oxygen atoms in total. The summed E-state index contributed by atoms with van der Waals surface area (Å²) in [5.41, 5.74) is 0. The monoisotopic (exact) mass is 296 g/mol. The summed E-state index contributed by atoms with van der Waals surface area (Å²) in [5.74, 6) is 1.79. The summed E-state index contributed by atoms with van der Waals surface area (Å²) in [6, 6.07) is 0. The zero-order valence-corrected chi connectivity index (χ0v) is 14.1. The summed E-state index contributed by atoms with van der Waals surface area (Å²) < 4.78 is 11.6. The highest BCUT2D eigenvalue weighted by molar-refractivity contribution is 5.76. The molecule has 2 aliphatic rings. The minimum absolute atomic E-state index is 0.00639. The molecule has 0 heterocycles. The molecule has 2 saturated carbocycles. The van der Waals surface area contributed by atoms with Gasteiger partial charge in [-0.1, -0.05) is 40.5 Å². The fourth-order valence-electron chi connectivity index (χ4n) is 3.47. The molecule has 0 unspecified atom stereocenters. The third kappa shape index (κ3) is 4.70. The maximum atomic E-state index is 12.3. The zero-order chi connectivity index (χ0) is 15.4. The van der Waals surface area contributed by atoms with Gasteiger partial charge in [0.1, 0.15) is 6.10 Å². The van der Waals surface area contributed by atoms with Crippen LogP contribution in [0.2, 0.25) is 0 Å². The van der Waals surface area contributed by atoms with Crippen molar-refractivity contribution >= 4 is 5.97 Å². The van der Waals surface area contributed by atoms with Crippen LogP contribution in [0.5, 0.6) is 0 Å². The second-order valence-electron chi connectivity index (χ2n) is 7.41. The molecule has 0 spiro atoms. The van der Waals surface area contributed by atoms with Crippen LogP contribution in [-0.4, -0.2) is 24.8 Å². The highest BCUT2D eigenvalue weighted by Crippen LogP contribution is 2.39. The van der Waals surface area contributed by atoms with Gasteiger partial charge < -0.3 is 9.47 Å². The Morgan fingerprint density at radius 3 is 2.62 bits per heavy atom. The highest BCUT2D eigenvalue weighted by atomic mass is 16.6. The van der Waals surface area contributed by atoms with Crippen molar-refractivity contribution in [1.82, 2.24) is 0 Å². The van der Waals surface area contributed by atoms with Gasteiger partial charge in [0.05, 0.1) is 12.0 Å². The summed E-state index contributed by atoms with van der Waals surface area (Å²) in [6.45, 7) is 9.69. The number of hydrogen-bond acceptors (Lipinski definition) is 3. The van der Waals surface area contributed by atoms with Crippen LogP contribution in [0.15, 0.2) is 0 Å². The predicted molar refractivity (Wildman–Crippen MR) is 84.0 cm³/mol. The molecule has 3 heteroatoms. The zero-order valence-electron chi connectivity index (χ0n) is 14.1. The first-order chi connectivity index (χ1) is 10.0. The van der Waals surface area contributed by atoms with Gasteiger partial charge in [-0.15, -0.1) is 0 Å². The molecule has 0 aromatic rings. The Morgan fingerprint density at radius 1 is 1.19 bits per heavy atom. The lowest BCUT2D eigenvalue weighted by Crippen LogP contribution is -2.36. The molecule has 0 amide bonds. The van der Waals surface area contributed by atoms with Gasteiger partial charge in [0.2, 0.25) is 0 Å². The number of carbonyl (C=O) groups excluding carboxylic acids is 1. The molecule has 0 radical (unpaired) electrons. The van der Waals surface area contributed by atoms with Crippen LogP contribution >= 0.6 is 0 Å². The Labute approximate surface area is 129 Å². The van der Waals surface area contributed by atoms with Gasteiger partial charge >= 0.3 is 5.97 Å². The van der Waals surface area contributed by atoms with E-state index < -0.39 is 0 Å². The van der Waals surface area contributed by atoms with Crippen LogP contribution in [0.4, 0.5) is 0 Å². The topological polar surface area (TPSA) is 35.5 Å². The molecule has 0 saturated heterocycles. The van der Waals surface area contributed by atoms with E-state index in [9.17, 15) is 4.79 Å². The average molecular weight is 296 g/mol. The van der Waals surface area contributed by atoms with E-state index in [0.29, 0.717) is 17.8 Å². The highest BCUT2D eigenvalue weighted by Gasteiger charge is 2.47. The van der Waals surface area contributed by atoms with E-state index in [1.165, 1.54) is 12.8 Å². The predicted octanol–water partition coefficient (Wildman–Crippen LogP) is 4.20. The molecule has 0 N–H and O–H groups in total. The summed E-state index contributed by atoms with van der Waals surface area (Å²) in [7, 11) is 0. The fraction of sp³-hybridized carbons (Fsp3) is 0.944. The Morgan fingerprint density at radius 2 is 1.95 bits per heavy atom. The normalized spacial score (nSPS) is 35.8. The van der Waals surface area contributed by atoms with E-state index in [-0.39, 0.29) is 24.1 Å². The maximum absolute atomic E-state index is 12.3. The van der Waals surface area contributed by atoms with Crippen LogP contribution in [0.3, 0.4) is 0 Å². The van der Waals surface area contributed by atoms with Crippen LogP contribution in [0, 0.1) is 23.7 Å². The standard InChI is InChI=1S/C18H32O3/c1-5-6-9-20-16-11-15(16)18(19)21-17-10-13(4)7-8-14(17)12(2)3/h12-17H,5-11H2,1-4H3/t13-,14+,15-,16+,17-/m0/s1. The average Bonchev–Trinajstić information content (AvgIpc) is 3.18. The molecule has 2 rings (SSSR count). The van der Waals surface area contributed by atoms with Crippen molar-refractivity contribution in [1.29, 1.82) is 0 Å². The van der Waals surface area contributed by atoms with Crippen LogP contribution in [0.25, 0.3) is 0 Å². The molecule has 0 aliphatic heterocycles. The lowest BCUT2D eigenvalue weighted by molar-refractivity contribution is -0.158. The fourth-order valence-corrected chi connectivity index (χ4v) is 3.47. The second-order valence-corrected chi connectivity index (χ2v) is 7.41. The van der Waals surface area contributed by atoms with Crippen molar-refractivity contribution in [2.24, 2.45) is 23.7 Å². The number of unbranched alkanes of at least 4 members (excludes halogenated alkanes) is 1. The Hall–Kier alpha value is -0.570. The Kier molecular flexibility index (Phi) is 6.09. The number of esters is 1. The van der Waals surface area contributed by atoms with Crippen molar-refractivity contribution < 1.29 is 14.3 Å². The molecule has 0 bridgehead atoms. The summed E-state index contributed by atoms with van der Waals surface area (Å²) in [6.07, 6.45) is 6.81. The van der Waals surface area contributed by atoms with Crippen molar-refractivity contribution in [3.05, 3.63) is 0 Å². The van der Waals surface area contributed by atoms with E-state index in [1.807, 2.05) is 0 Å². The van der Waals surface area contributed by atoms with Crippen molar-refractivity contribution in [2.75, 3.05) is 6.61 Å². The number of carbonyl (C=O) groups is 1. The van der Waals surface area contributed by atoms with Gasteiger partial charge in [-0.25, -0.2) is 0 Å². The van der Waals surface area contributed by atoms with Crippen LogP contribution < -0.4 is 0 Å². The van der Waals surface area contributed by atoms with Gasteiger partial charge in [0.25, 0.3) is 0 Å². The van der Waals surface area contributed by atoms with E-state index in [2.05, 4.69) is 27.7 Å². The summed E-state index contributed by atoms with van der Waals surface area (Å²) >= 11 is 0. The number of rotatable bonds is 7. The van der Waals surface area contributed by atoms with Gasteiger partial charge in [-0.3, -0.25) is 4.79 Å². The first kappa shape index (κ1) is 16.8. The minimum Gasteiger partial charge on any atom is -0.462 e. The molecule has 0 aromatic carbocycles. The van der Waals surface area contributed by atoms with E-state index >= 15 is 0 Å². The van der Waals surface area contributed by atoms with Gasteiger partial charge in [0, 0.05) is 6.61 Å². The Balaban J connectivity index is 1.78. The third-order valence-corrected chi connectivity index (χ3v) is 5.09. The van der Waals surface area contributed by atoms with E-state index in [1.54, 1.807) is 0 Å². The lowest BCUT2D eigenvalue weighted by Gasteiger charge is -2.36. The van der Waals surface area contributed by atoms with Crippen molar-refractivity contribution in [3.8, 4) is 0 Å². The summed E-state index contributed by atoms with van der Waals surface area (Å²) in [5, 5.41) is 0. The molecule has 0 aromatic heterocycles. The van der Waals surface area contributed by atoms with Crippen molar-refractivity contribution in [3.63, 3.8) is 0 Å². The van der Waals surface area contributed by atoms with E-state index in [0.717, 1.165) is 32.3 Å². The third-order valence-electron chi connectivity index (χ3n) is 5.09. The molecule has 5 atom stereocenters. The lowest BCUT2D eigenvalue weighted by atomic mass is 9.75. The maximum Gasteiger partial charge on any atom is 0.311 e. The van der Waals surface area contributed by atoms with Gasteiger partial charge in [-0.2, -0.15) is 0 Å². The van der Waals surface area contributed by atoms with Crippen molar-refractivity contribution in [2.45, 2.75) is 78.4 Å². The molecule has 2 fully saturated rings. The Bertz CT molecular complexity index is 339. The van der Waals surface area contributed by atoms with Crippen LogP contribution in [-0.2, 0) is 14.3 Å². The first-order valence-electron chi connectivity index (χ1n) is 8.85. The van der Waals surface area contributed by atoms with E-state index in [4.69, 9.17) is 9.47 Å². The minimum atomic E-state index is -0.0127. The molecular formula is C18H32O3. The largest absolute Gasteiger partial charge is 0.462 e. The number of hydrogen-bond donors (Lipinski definition) is 0. The van der Waals surface area contributed by atoms with Gasteiger partial charge in [-0.05, 0) is 43.4 Å². The van der Waals surface area contributed by atoms with Crippen LogP contribution in [0.1, 0.15) is 66.2 Å². The first-order valence-corrected chi connectivity index (χ1v) is 8.85. The molecule has 21 heavy (non-hydrogen) atoms.